The summed E-state index contributed by atoms with van der Waals surface area (Å²) in [7, 11) is 0. The largest absolute Gasteiger partial charge is 0.506 e. The second kappa shape index (κ2) is 5.62. The summed E-state index contributed by atoms with van der Waals surface area (Å²) in [6, 6.07) is 6.84. The van der Waals surface area contributed by atoms with E-state index in [4.69, 9.17) is 32.7 Å². The zero-order chi connectivity index (χ0) is 19.8. The Morgan fingerprint density at radius 3 is 1.48 bits per heavy atom. The third kappa shape index (κ3) is 2.73. The van der Waals surface area contributed by atoms with Gasteiger partial charge in [-0.2, -0.15) is 0 Å². The first-order valence-corrected chi connectivity index (χ1v) is 9.63. The number of rotatable bonds is 0. The van der Waals surface area contributed by atoms with Gasteiger partial charge in [0.25, 0.3) is 5.79 Å². The van der Waals surface area contributed by atoms with Crippen LogP contribution < -0.4 is 9.47 Å². The van der Waals surface area contributed by atoms with E-state index in [1.165, 1.54) is 0 Å². The molecule has 2 aromatic carbocycles. The zero-order valence-electron chi connectivity index (χ0n) is 15.7. The van der Waals surface area contributed by atoms with E-state index in [9.17, 15) is 10.2 Å². The summed E-state index contributed by atoms with van der Waals surface area (Å²) in [6.07, 6.45) is 1.14. The molecule has 2 heterocycles. The molecule has 27 heavy (non-hydrogen) atoms. The average Bonchev–Trinajstić information content (AvgIpc) is 2.54. The maximum atomic E-state index is 10.1. The molecule has 0 aromatic heterocycles. The summed E-state index contributed by atoms with van der Waals surface area (Å²) in [5, 5.41) is 20.5. The predicted molar refractivity (Wildman–Crippen MR) is 106 cm³/mol. The lowest BCUT2D eigenvalue weighted by Crippen LogP contribution is -2.55. The molecule has 144 valence electrons. The van der Waals surface area contributed by atoms with Crippen LogP contribution >= 0.6 is 23.2 Å². The van der Waals surface area contributed by atoms with Crippen LogP contribution in [0.4, 0.5) is 0 Å². The summed E-state index contributed by atoms with van der Waals surface area (Å²) < 4.78 is 12.7. The van der Waals surface area contributed by atoms with Gasteiger partial charge in [-0.25, -0.2) is 0 Å². The standard InChI is InChI=1S/C21H22Cl2O4/c1-19(2)9-21(26-17-11(19)5-7-13(24)15(17)22)10-20(3,4)12-6-8-14(25)16(23)18(12)27-21/h5-8,24-25H,9-10H2,1-4H3. The molecule has 2 N–H and O–H groups in total. The Bertz CT molecular complexity index is 872. The van der Waals surface area contributed by atoms with Gasteiger partial charge in [0.1, 0.15) is 33.0 Å². The molecule has 0 bridgehead atoms. The highest BCUT2D eigenvalue weighted by atomic mass is 35.5. The third-order valence-corrected chi connectivity index (χ3v) is 6.34. The minimum atomic E-state index is -1.01. The first kappa shape index (κ1) is 18.6. The van der Waals surface area contributed by atoms with Crippen molar-refractivity contribution in [1.29, 1.82) is 0 Å². The Morgan fingerprint density at radius 2 is 1.11 bits per heavy atom. The van der Waals surface area contributed by atoms with Crippen LogP contribution in [0.2, 0.25) is 10.0 Å². The topological polar surface area (TPSA) is 58.9 Å². The van der Waals surface area contributed by atoms with Crippen molar-refractivity contribution in [3.8, 4) is 23.0 Å². The molecule has 0 atom stereocenters. The van der Waals surface area contributed by atoms with Gasteiger partial charge in [0.15, 0.2) is 0 Å². The molecule has 0 radical (unpaired) electrons. The van der Waals surface area contributed by atoms with Gasteiger partial charge in [0.05, 0.1) is 0 Å². The van der Waals surface area contributed by atoms with Gasteiger partial charge in [-0.05, 0) is 12.1 Å². The molecule has 6 heteroatoms. The Kier molecular flexibility index (Phi) is 3.86. The fourth-order valence-corrected chi connectivity index (χ4v) is 4.90. The van der Waals surface area contributed by atoms with Crippen LogP contribution in [-0.2, 0) is 10.8 Å². The van der Waals surface area contributed by atoms with Gasteiger partial charge < -0.3 is 19.7 Å². The minimum Gasteiger partial charge on any atom is -0.506 e. The number of phenols is 2. The van der Waals surface area contributed by atoms with Gasteiger partial charge in [-0.15, -0.1) is 0 Å². The maximum Gasteiger partial charge on any atom is 0.253 e. The maximum absolute atomic E-state index is 10.1. The first-order valence-electron chi connectivity index (χ1n) is 8.88. The summed E-state index contributed by atoms with van der Waals surface area (Å²) in [4.78, 5) is 0. The van der Waals surface area contributed by atoms with Crippen molar-refractivity contribution in [3.63, 3.8) is 0 Å². The highest BCUT2D eigenvalue weighted by molar-refractivity contribution is 6.34. The average molecular weight is 409 g/mol. The van der Waals surface area contributed by atoms with Crippen LogP contribution in [-0.4, -0.2) is 16.0 Å². The molecule has 2 aliphatic heterocycles. The molecular formula is C21H22Cl2O4. The van der Waals surface area contributed by atoms with Crippen LogP contribution in [0.1, 0.15) is 51.7 Å². The molecule has 1 spiro atoms. The van der Waals surface area contributed by atoms with Gasteiger partial charge in [0.2, 0.25) is 0 Å². The molecule has 4 rings (SSSR count). The van der Waals surface area contributed by atoms with Crippen LogP contribution in [0, 0.1) is 0 Å². The second-order valence-corrected chi connectivity index (χ2v) is 9.54. The number of halogens is 2. The summed E-state index contributed by atoms with van der Waals surface area (Å²) >= 11 is 12.7. The van der Waals surface area contributed by atoms with Crippen molar-refractivity contribution >= 4 is 23.2 Å². The SMILES string of the molecule is CC1(C)CC2(CC(C)(C)c3ccc(O)c(Cl)c3O2)Oc2c1ccc(O)c2Cl. The van der Waals surface area contributed by atoms with Gasteiger partial charge in [0, 0.05) is 34.8 Å². The van der Waals surface area contributed by atoms with Crippen LogP contribution in [0.5, 0.6) is 23.0 Å². The van der Waals surface area contributed by atoms with E-state index in [0.29, 0.717) is 24.3 Å². The van der Waals surface area contributed by atoms with E-state index in [1.807, 2.05) is 12.1 Å². The Hall–Kier alpha value is -1.78. The molecule has 0 aliphatic carbocycles. The van der Waals surface area contributed by atoms with E-state index < -0.39 is 5.79 Å². The third-order valence-electron chi connectivity index (χ3n) is 5.61. The fraction of sp³-hybridized carbons (Fsp3) is 0.429. The van der Waals surface area contributed by atoms with E-state index in [2.05, 4.69) is 27.7 Å². The number of ether oxygens (including phenoxy) is 2. The second-order valence-electron chi connectivity index (χ2n) is 8.79. The van der Waals surface area contributed by atoms with Crippen molar-refractivity contribution in [2.45, 2.75) is 57.2 Å². The molecule has 0 saturated carbocycles. The van der Waals surface area contributed by atoms with Crippen molar-refractivity contribution in [2.75, 3.05) is 0 Å². The summed E-state index contributed by atoms with van der Waals surface area (Å²) in [5.74, 6) is -0.210. The first-order chi connectivity index (χ1) is 12.5. The van der Waals surface area contributed by atoms with Crippen LogP contribution in [0.3, 0.4) is 0 Å². The van der Waals surface area contributed by atoms with Crippen molar-refractivity contribution < 1.29 is 19.7 Å². The van der Waals surface area contributed by atoms with Crippen LogP contribution in [0.15, 0.2) is 24.3 Å². The van der Waals surface area contributed by atoms with Crippen molar-refractivity contribution in [3.05, 3.63) is 45.4 Å². The van der Waals surface area contributed by atoms with Gasteiger partial charge >= 0.3 is 0 Å². The van der Waals surface area contributed by atoms with Crippen molar-refractivity contribution in [2.24, 2.45) is 0 Å². The molecule has 4 nitrogen and oxygen atoms in total. The Morgan fingerprint density at radius 1 is 0.741 bits per heavy atom. The summed E-state index contributed by atoms with van der Waals surface area (Å²) in [6.45, 7) is 8.39. The monoisotopic (exact) mass is 408 g/mol. The lowest BCUT2D eigenvalue weighted by atomic mass is 9.69. The van der Waals surface area contributed by atoms with Gasteiger partial charge in [-0.3, -0.25) is 0 Å². The fourth-order valence-electron chi connectivity index (χ4n) is 4.49. The lowest BCUT2D eigenvalue weighted by Gasteiger charge is -2.51. The molecule has 2 aromatic rings. The molecule has 0 saturated heterocycles. The van der Waals surface area contributed by atoms with E-state index in [0.717, 1.165) is 11.1 Å². The number of benzene rings is 2. The number of hydrogen-bond donors (Lipinski definition) is 2. The van der Waals surface area contributed by atoms with E-state index in [1.54, 1.807) is 12.1 Å². The normalized spacial score (nSPS) is 21.0. The molecule has 0 amide bonds. The highest BCUT2D eigenvalue weighted by Crippen LogP contribution is 2.57. The highest BCUT2D eigenvalue weighted by Gasteiger charge is 2.54. The van der Waals surface area contributed by atoms with Gasteiger partial charge in [-0.1, -0.05) is 63.0 Å². The number of hydrogen-bond acceptors (Lipinski definition) is 4. The van der Waals surface area contributed by atoms with Crippen molar-refractivity contribution in [1.82, 2.24) is 0 Å². The number of fused-ring (bicyclic) bond motifs is 2. The molecule has 0 fully saturated rings. The zero-order valence-corrected chi connectivity index (χ0v) is 17.2. The smallest absolute Gasteiger partial charge is 0.253 e. The quantitative estimate of drug-likeness (QED) is 0.567. The Labute approximate surface area is 168 Å². The lowest BCUT2D eigenvalue weighted by molar-refractivity contribution is -0.166. The number of phenolic OH excluding ortho intramolecular Hbond substituents is 2. The molecule has 2 aliphatic rings. The number of aromatic hydroxyl groups is 2. The summed E-state index contributed by atoms with van der Waals surface area (Å²) in [5.41, 5.74) is 1.24. The van der Waals surface area contributed by atoms with E-state index >= 15 is 0 Å². The predicted octanol–water partition coefficient (Wildman–Crippen LogP) is 5.92. The Balaban J connectivity index is 1.90. The minimum absolute atomic E-state index is 0.0330. The van der Waals surface area contributed by atoms with Crippen LogP contribution in [0.25, 0.3) is 0 Å². The van der Waals surface area contributed by atoms with E-state index in [-0.39, 0.29) is 32.4 Å². The molecular weight excluding hydrogens is 387 g/mol. The molecule has 0 unspecified atom stereocenters.